The summed E-state index contributed by atoms with van der Waals surface area (Å²) in [5.74, 6) is 1.27. The van der Waals surface area contributed by atoms with E-state index in [-0.39, 0.29) is 63.9 Å². The minimum Gasteiger partial charge on any atom is -0.459 e. The van der Waals surface area contributed by atoms with Crippen LogP contribution in [-0.2, 0) is 20.9 Å². The van der Waals surface area contributed by atoms with Crippen molar-refractivity contribution < 1.29 is 48.3 Å². The molecule has 0 bridgehead atoms. The molecule has 1 fully saturated rings. The van der Waals surface area contributed by atoms with Gasteiger partial charge in [0.05, 0.1) is 24.8 Å². The van der Waals surface area contributed by atoms with Gasteiger partial charge in [-0.15, -0.1) is 6.58 Å². The summed E-state index contributed by atoms with van der Waals surface area (Å²) in [5.41, 5.74) is 3.47. The Kier molecular flexibility index (Phi) is 18.8. The van der Waals surface area contributed by atoms with Crippen molar-refractivity contribution >= 4 is 22.6 Å². The maximum Gasteiger partial charge on any atom is 0.410 e. The first-order chi connectivity index (χ1) is 34.9. The molecule has 2 aliphatic carbocycles. The van der Waals surface area contributed by atoms with E-state index < -0.39 is 23.8 Å². The van der Waals surface area contributed by atoms with E-state index in [0.717, 1.165) is 78.2 Å². The number of hydrogen-bond acceptors (Lipinski definition) is 11. The molecule has 6 unspecified atom stereocenters. The first-order valence-corrected chi connectivity index (χ1v) is 26.5. The van der Waals surface area contributed by atoms with Crippen LogP contribution in [0.4, 0.5) is 4.79 Å². The third kappa shape index (κ3) is 12.4. The number of benzene rings is 4. The van der Waals surface area contributed by atoms with Crippen LogP contribution < -0.4 is 18.9 Å². The fraction of sp³-hybridized carbons (Fsp3) is 0.525. The number of oxime groups is 1. The molecule has 0 saturated heterocycles. The second kappa shape index (κ2) is 25.7. The lowest BCUT2D eigenvalue weighted by Crippen LogP contribution is -2.70. The minimum absolute atomic E-state index is 0.0485. The number of fused-ring (bicyclic) bond motifs is 4. The zero-order valence-corrected chi connectivity index (χ0v) is 42.1. The van der Waals surface area contributed by atoms with Crippen LogP contribution in [0.3, 0.4) is 0 Å². The number of nitrogens with zero attached hydrogens (tertiary/aromatic N) is 2. The maximum atomic E-state index is 15.1. The molecule has 2 aliphatic heterocycles. The van der Waals surface area contributed by atoms with E-state index in [9.17, 15) is 10.2 Å². The van der Waals surface area contributed by atoms with Crippen molar-refractivity contribution in [2.75, 3.05) is 40.3 Å². The number of hydrogen-bond donors (Lipinski definition) is 2. The SMILES string of the molecule is C=CCOC12Oc3ccc(Oc4ccc5ccccc5c4)cc3C3C(CCCCO)C(CCCCO)C=C(C(=NOC)CC1N(Cc1ccc4c(c1)OCO4)C(=O)OCCCCCCCCCCCC)C32. The number of aliphatic hydroxyl groups is 2. The highest BCUT2D eigenvalue weighted by atomic mass is 16.7. The summed E-state index contributed by atoms with van der Waals surface area (Å²) in [5, 5.41) is 27.1. The van der Waals surface area contributed by atoms with Gasteiger partial charge >= 0.3 is 6.09 Å². The summed E-state index contributed by atoms with van der Waals surface area (Å²) in [6, 6.07) is 25.4. The van der Waals surface area contributed by atoms with E-state index in [2.05, 4.69) is 49.9 Å². The van der Waals surface area contributed by atoms with Gasteiger partial charge in [0.15, 0.2) is 11.5 Å². The third-order valence-electron chi connectivity index (χ3n) is 14.9. The number of carbonyl (C=O) groups excluding carboxylic acids is 1. The highest BCUT2D eigenvalue weighted by molar-refractivity contribution is 6.03. The van der Waals surface area contributed by atoms with Gasteiger partial charge < -0.3 is 43.5 Å². The van der Waals surface area contributed by atoms with Gasteiger partial charge in [0.25, 0.3) is 0 Å². The van der Waals surface area contributed by atoms with Gasteiger partial charge in [-0.25, -0.2) is 4.79 Å². The number of allylic oxidation sites excluding steroid dienone is 1. The molecule has 382 valence electrons. The lowest BCUT2D eigenvalue weighted by molar-refractivity contribution is -0.256. The number of aliphatic hydroxyl groups excluding tert-OH is 2. The monoisotopic (exact) mass is 973 g/mol. The van der Waals surface area contributed by atoms with Crippen LogP contribution >= 0.6 is 0 Å². The molecular formula is C59H76N2O10. The summed E-state index contributed by atoms with van der Waals surface area (Å²) in [6.45, 7) is 7.26. The molecule has 6 atom stereocenters. The average Bonchev–Trinajstić information content (AvgIpc) is 3.86. The van der Waals surface area contributed by atoms with Crippen molar-refractivity contribution in [1.82, 2.24) is 4.90 Å². The number of carbonyl (C=O) groups is 1. The Morgan fingerprint density at radius 2 is 1.51 bits per heavy atom. The average molecular weight is 973 g/mol. The number of amides is 1. The largest absolute Gasteiger partial charge is 0.459 e. The third-order valence-corrected chi connectivity index (χ3v) is 14.9. The van der Waals surface area contributed by atoms with Crippen molar-refractivity contribution in [2.45, 2.75) is 140 Å². The van der Waals surface area contributed by atoms with E-state index >= 15 is 4.79 Å². The van der Waals surface area contributed by atoms with Crippen molar-refractivity contribution in [3.05, 3.63) is 114 Å². The summed E-state index contributed by atoms with van der Waals surface area (Å²) in [6.07, 6.45) is 20.2. The molecule has 1 amide bonds. The van der Waals surface area contributed by atoms with Crippen molar-refractivity contribution in [1.29, 1.82) is 0 Å². The van der Waals surface area contributed by atoms with E-state index in [1.165, 1.54) is 44.9 Å². The molecule has 1 saturated carbocycles. The zero-order valence-electron chi connectivity index (χ0n) is 42.1. The van der Waals surface area contributed by atoms with E-state index in [1.807, 2.05) is 48.5 Å². The topological polar surface area (TPSA) is 138 Å². The minimum atomic E-state index is -1.46. The van der Waals surface area contributed by atoms with Crippen LogP contribution in [0.25, 0.3) is 10.8 Å². The van der Waals surface area contributed by atoms with Crippen LogP contribution in [0.5, 0.6) is 28.7 Å². The van der Waals surface area contributed by atoms with Crippen molar-refractivity contribution in [2.24, 2.45) is 22.9 Å². The van der Waals surface area contributed by atoms with Gasteiger partial charge in [-0.1, -0.05) is 131 Å². The van der Waals surface area contributed by atoms with Gasteiger partial charge in [0, 0.05) is 37.7 Å². The predicted molar refractivity (Wildman–Crippen MR) is 277 cm³/mol. The standard InChI is InChI=1S/C59H76N2O10/c1-4-6-7-8-9-10-11-12-13-20-34-66-58(64)61(40-42-25-29-53-54(35-42)68-41-67-53)55-39-51(60-65-3)49-37-45(23-16-18-31-62)48(24-17-19-32-63)56-50-38-47(70-46-27-26-43-21-14-15-22-44(43)36-46)28-30-52(50)71-59(55,57(49)56)69-33-5-2/h5,14-15,21-22,25-30,35-38,45,48,55-57,62-63H,2,4,6-13,16-20,23-24,31-34,39-41H2,1,3H3. The van der Waals surface area contributed by atoms with Crippen molar-refractivity contribution in [3.8, 4) is 28.7 Å². The van der Waals surface area contributed by atoms with Crippen LogP contribution in [0.15, 0.2) is 108 Å². The van der Waals surface area contributed by atoms with Gasteiger partial charge in [-0.2, -0.15) is 0 Å². The molecular weight excluding hydrogens is 897 g/mol. The quantitative estimate of drug-likeness (QED) is 0.0321. The molecule has 0 radical (unpaired) electrons. The first-order valence-electron chi connectivity index (χ1n) is 26.5. The molecule has 2 N–H and O–H groups in total. The van der Waals surface area contributed by atoms with Crippen LogP contribution in [-0.4, -0.2) is 79.1 Å². The first kappa shape index (κ1) is 51.8. The zero-order chi connectivity index (χ0) is 49.4. The highest BCUT2D eigenvalue weighted by Crippen LogP contribution is 2.62. The Labute approximate surface area is 420 Å². The fourth-order valence-corrected chi connectivity index (χ4v) is 11.6. The molecule has 4 aliphatic rings. The lowest BCUT2D eigenvalue weighted by atomic mass is 9.55. The fourth-order valence-electron chi connectivity index (χ4n) is 11.6. The lowest BCUT2D eigenvalue weighted by Gasteiger charge is -2.59. The van der Waals surface area contributed by atoms with Gasteiger partial charge in [0.1, 0.15) is 30.4 Å². The molecule has 8 rings (SSSR count). The number of unbranched alkanes of at least 4 members (excludes halogenated alkanes) is 11. The van der Waals surface area contributed by atoms with Crippen molar-refractivity contribution in [3.63, 3.8) is 0 Å². The normalized spacial score (nSPS) is 22.3. The Balaban J connectivity index is 1.20. The number of ether oxygens (including phenoxy) is 6. The second-order valence-corrected chi connectivity index (χ2v) is 19.7. The predicted octanol–water partition coefficient (Wildman–Crippen LogP) is 13.2. The Morgan fingerprint density at radius 3 is 2.27 bits per heavy atom. The van der Waals surface area contributed by atoms with E-state index in [0.29, 0.717) is 41.6 Å². The molecule has 0 spiro atoms. The summed E-state index contributed by atoms with van der Waals surface area (Å²) < 4.78 is 39.2. The molecule has 2 heterocycles. The molecule has 12 heteroatoms. The summed E-state index contributed by atoms with van der Waals surface area (Å²) >= 11 is 0. The van der Waals surface area contributed by atoms with Gasteiger partial charge in [-0.3, -0.25) is 4.90 Å². The van der Waals surface area contributed by atoms with Crippen LogP contribution in [0.2, 0.25) is 0 Å². The Bertz CT molecular complexity index is 2440. The highest BCUT2D eigenvalue weighted by Gasteiger charge is 2.65. The van der Waals surface area contributed by atoms with E-state index in [4.69, 9.17) is 38.4 Å². The molecule has 71 heavy (non-hydrogen) atoms. The Hall–Kier alpha value is -5.56. The Morgan fingerprint density at radius 1 is 0.803 bits per heavy atom. The van der Waals surface area contributed by atoms with E-state index in [1.54, 1.807) is 18.1 Å². The van der Waals surface area contributed by atoms with Gasteiger partial charge in [-0.05, 0) is 108 Å². The van der Waals surface area contributed by atoms with Crippen LogP contribution in [0.1, 0.15) is 133 Å². The summed E-state index contributed by atoms with van der Waals surface area (Å²) in [4.78, 5) is 22.6. The van der Waals surface area contributed by atoms with Gasteiger partial charge in [0.2, 0.25) is 12.6 Å². The smallest absolute Gasteiger partial charge is 0.410 e. The molecule has 0 aromatic heterocycles. The number of rotatable bonds is 28. The molecule has 12 nitrogen and oxygen atoms in total. The second-order valence-electron chi connectivity index (χ2n) is 19.7. The molecule has 4 aromatic rings. The molecule has 4 aromatic carbocycles. The maximum absolute atomic E-state index is 15.1. The summed E-state index contributed by atoms with van der Waals surface area (Å²) in [7, 11) is 1.56. The van der Waals surface area contributed by atoms with Crippen LogP contribution in [0, 0.1) is 17.8 Å².